The summed E-state index contributed by atoms with van der Waals surface area (Å²) in [5.41, 5.74) is 7.58. The van der Waals surface area contributed by atoms with Crippen LogP contribution in [0.4, 0.5) is 5.82 Å². The summed E-state index contributed by atoms with van der Waals surface area (Å²) in [6.45, 7) is 9.97. The number of hydrogen-bond acceptors (Lipinski definition) is 2. The van der Waals surface area contributed by atoms with Crippen molar-refractivity contribution < 1.29 is 0 Å². The molecule has 2 N–H and O–H groups in total. The molecule has 0 atom stereocenters. The Morgan fingerprint density at radius 1 is 1.26 bits per heavy atom. The maximum absolute atomic E-state index is 6.39. The van der Waals surface area contributed by atoms with Gasteiger partial charge in [-0.15, -0.1) is 0 Å². The van der Waals surface area contributed by atoms with Crippen molar-refractivity contribution >= 4 is 5.82 Å². The highest BCUT2D eigenvalue weighted by molar-refractivity contribution is 5.41. The Bertz CT molecular complexity index is 412. The van der Waals surface area contributed by atoms with Crippen molar-refractivity contribution in [2.45, 2.75) is 78.2 Å². The van der Waals surface area contributed by atoms with Crippen LogP contribution in [0.1, 0.15) is 83.2 Å². The minimum Gasteiger partial charge on any atom is -0.384 e. The molecule has 0 bridgehead atoms. The van der Waals surface area contributed by atoms with Crippen LogP contribution in [0, 0.1) is 5.92 Å². The van der Waals surface area contributed by atoms with Crippen molar-refractivity contribution in [3.63, 3.8) is 0 Å². The Hall–Kier alpha value is -0.990. The lowest BCUT2D eigenvalue weighted by atomic mass is 9.81. The van der Waals surface area contributed by atoms with E-state index in [2.05, 4.69) is 32.3 Å². The first-order valence-electron chi connectivity index (χ1n) is 7.90. The molecule has 1 aromatic rings. The van der Waals surface area contributed by atoms with E-state index in [-0.39, 0.29) is 0 Å². The smallest absolute Gasteiger partial charge is 0.127 e. The average Bonchev–Trinajstić information content (AvgIpc) is 2.69. The van der Waals surface area contributed by atoms with Crippen molar-refractivity contribution in [2.75, 3.05) is 5.73 Å². The lowest BCUT2D eigenvalue weighted by Crippen LogP contribution is -2.13. The molecule has 0 saturated heterocycles. The number of aromatic nitrogens is 2. The van der Waals surface area contributed by atoms with Gasteiger partial charge < -0.3 is 10.3 Å². The van der Waals surface area contributed by atoms with E-state index in [9.17, 15) is 0 Å². The fourth-order valence-electron chi connectivity index (χ4n) is 3.24. The number of rotatable bonds is 4. The zero-order valence-electron chi connectivity index (χ0n) is 12.9. The van der Waals surface area contributed by atoms with Gasteiger partial charge in [0.2, 0.25) is 0 Å². The van der Waals surface area contributed by atoms with Crippen molar-refractivity contribution in [3.05, 3.63) is 11.5 Å². The lowest BCUT2D eigenvalue weighted by molar-refractivity contribution is 0.345. The second-order valence-corrected chi connectivity index (χ2v) is 6.50. The van der Waals surface area contributed by atoms with Gasteiger partial charge in [0, 0.05) is 18.4 Å². The zero-order chi connectivity index (χ0) is 14.0. The summed E-state index contributed by atoms with van der Waals surface area (Å²) >= 11 is 0. The summed E-state index contributed by atoms with van der Waals surface area (Å²) in [5, 5.41) is 0. The Morgan fingerprint density at radius 3 is 2.42 bits per heavy atom. The molecule has 1 aromatic heterocycles. The topological polar surface area (TPSA) is 43.8 Å². The third-order valence-electron chi connectivity index (χ3n) is 4.43. The van der Waals surface area contributed by atoms with Gasteiger partial charge in [0.25, 0.3) is 0 Å². The van der Waals surface area contributed by atoms with E-state index in [1.54, 1.807) is 0 Å². The summed E-state index contributed by atoms with van der Waals surface area (Å²) in [6.07, 6.45) is 6.27. The van der Waals surface area contributed by atoms with Crippen LogP contribution < -0.4 is 5.73 Å². The van der Waals surface area contributed by atoms with E-state index in [0.717, 1.165) is 24.7 Å². The van der Waals surface area contributed by atoms with Crippen molar-refractivity contribution in [3.8, 4) is 0 Å². The highest BCUT2D eigenvalue weighted by Crippen LogP contribution is 2.38. The Morgan fingerprint density at radius 2 is 1.89 bits per heavy atom. The molecule has 1 fully saturated rings. The largest absolute Gasteiger partial charge is 0.384 e. The van der Waals surface area contributed by atoms with E-state index in [4.69, 9.17) is 10.7 Å². The molecule has 108 valence electrons. The molecule has 1 heterocycles. The summed E-state index contributed by atoms with van der Waals surface area (Å²) < 4.78 is 2.25. The van der Waals surface area contributed by atoms with Crippen LogP contribution in [0.25, 0.3) is 0 Å². The van der Waals surface area contributed by atoms with Crippen LogP contribution in [0.5, 0.6) is 0 Å². The maximum Gasteiger partial charge on any atom is 0.127 e. The third-order valence-corrected chi connectivity index (χ3v) is 4.43. The minimum atomic E-state index is 0.449. The predicted molar refractivity (Wildman–Crippen MR) is 81.4 cm³/mol. The van der Waals surface area contributed by atoms with E-state index in [1.165, 1.54) is 37.2 Å². The summed E-state index contributed by atoms with van der Waals surface area (Å²) in [5.74, 6) is 4.02. The van der Waals surface area contributed by atoms with Gasteiger partial charge in [0.1, 0.15) is 11.6 Å². The summed E-state index contributed by atoms with van der Waals surface area (Å²) in [7, 11) is 0. The molecule has 0 aliphatic heterocycles. The van der Waals surface area contributed by atoms with Crippen LogP contribution in [0.15, 0.2) is 0 Å². The normalized spacial score (nSPS) is 24.1. The number of anilines is 1. The quantitative estimate of drug-likeness (QED) is 0.880. The lowest BCUT2D eigenvalue weighted by Gasteiger charge is -2.25. The first kappa shape index (κ1) is 14.4. The van der Waals surface area contributed by atoms with Gasteiger partial charge in [-0.1, -0.05) is 40.5 Å². The average molecular weight is 263 g/mol. The van der Waals surface area contributed by atoms with E-state index in [0.29, 0.717) is 11.8 Å². The van der Waals surface area contributed by atoms with Gasteiger partial charge in [-0.2, -0.15) is 0 Å². The molecule has 3 heteroatoms. The molecule has 19 heavy (non-hydrogen) atoms. The van der Waals surface area contributed by atoms with Crippen molar-refractivity contribution in [2.24, 2.45) is 5.92 Å². The van der Waals surface area contributed by atoms with Crippen LogP contribution in [-0.2, 0) is 6.54 Å². The molecule has 0 amide bonds. The Kier molecular flexibility index (Phi) is 4.54. The van der Waals surface area contributed by atoms with Crippen molar-refractivity contribution in [1.82, 2.24) is 9.55 Å². The second-order valence-electron chi connectivity index (χ2n) is 6.50. The van der Waals surface area contributed by atoms with E-state index in [1.807, 2.05) is 0 Å². The first-order chi connectivity index (χ1) is 9.04. The molecule has 0 spiro atoms. The fourth-order valence-corrected chi connectivity index (χ4v) is 3.24. The van der Waals surface area contributed by atoms with Gasteiger partial charge in [0.15, 0.2) is 0 Å². The molecule has 0 unspecified atom stereocenters. The number of nitrogens with two attached hydrogens (primary N) is 1. The molecule has 3 nitrogen and oxygen atoms in total. The van der Waals surface area contributed by atoms with Crippen molar-refractivity contribution in [1.29, 1.82) is 0 Å². The van der Waals surface area contributed by atoms with Crippen LogP contribution in [-0.4, -0.2) is 9.55 Å². The van der Waals surface area contributed by atoms with Gasteiger partial charge in [-0.25, -0.2) is 4.98 Å². The van der Waals surface area contributed by atoms with E-state index < -0.39 is 0 Å². The van der Waals surface area contributed by atoms with Crippen LogP contribution >= 0.6 is 0 Å². The number of nitrogen functional groups attached to an aromatic ring is 1. The fraction of sp³-hybridized carbons (Fsp3) is 0.812. The predicted octanol–water partition coefficient (Wildman–Crippen LogP) is 4.29. The molecule has 2 rings (SSSR count). The molecule has 0 aromatic carbocycles. The van der Waals surface area contributed by atoms with Crippen LogP contribution in [0.2, 0.25) is 0 Å². The third kappa shape index (κ3) is 2.96. The summed E-state index contributed by atoms with van der Waals surface area (Å²) in [4.78, 5) is 4.91. The maximum atomic E-state index is 6.39. The molecule has 1 saturated carbocycles. The molecule has 0 radical (unpaired) electrons. The standard InChI is InChI=1S/C16H29N3/c1-5-10-19-15(17)14(18-16(19)11(2)3)13-8-6-12(4)7-9-13/h11-13H,5-10,17H2,1-4H3. The molecule has 1 aliphatic carbocycles. The Labute approximate surface area is 117 Å². The minimum absolute atomic E-state index is 0.449. The number of imidazole rings is 1. The SMILES string of the molecule is CCCn1c(C(C)C)nc(C2CCC(C)CC2)c1N. The van der Waals surface area contributed by atoms with Gasteiger partial charge in [0.05, 0.1) is 5.69 Å². The zero-order valence-corrected chi connectivity index (χ0v) is 12.9. The monoisotopic (exact) mass is 263 g/mol. The molecule has 1 aliphatic rings. The number of hydrogen-bond donors (Lipinski definition) is 1. The van der Waals surface area contributed by atoms with Gasteiger partial charge in [-0.3, -0.25) is 0 Å². The number of nitrogens with zero attached hydrogens (tertiary/aromatic N) is 2. The second kappa shape index (κ2) is 5.98. The van der Waals surface area contributed by atoms with Gasteiger partial charge in [-0.05, 0) is 25.2 Å². The van der Waals surface area contributed by atoms with E-state index >= 15 is 0 Å². The summed E-state index contributed by atoms with van der Waals surface area (Å²) in [6, 6.07) is 0. The first-order valence-corrected chi connectivity index (χ1v) is 7.90. The highest BCUT2D eigenvalue weighted by atomic mass is 15.1. The van der Waals surface area contributed by atoms with Gasteiger partial charge >= 0.3 is 0 Å². The highest BCUT2D eigenvalue weighted by Gasteiger charge is 2.26. The molecular weight excluding hydrogens is 234 g/mol. The Balaban J connectivity index is 2.28. The van der Waals surface area contributed by atoms with Crippen LogP contribution in [0.3, 0.4) is 0 Å². The molecular formula is C16H29N3.